The molecule has 2 aromatic rings. The molecular formula is C22H25Cl2F2N3O4. The number of fused-ring (bicyclic) bond motifs is 1. The maximum absolute atomic E-state index is 14.7. The Morgan fingerprint density at radius 1 is 1.09 bits per heavy atom. The first kappa shape index (κ1) is 24.7. The second-order valence-electron chi connectivity index (χ2n) is 8.39. The normalized spacial score (nSPS) is 26.9. The van der Waals surface area contributed by atoms with Gasteiger partial charge in [0.25, 0.3) is 0 Å². The molecule has 0 amide bonds. The van der Waals surface area contributed by atoms with E-state index < -0.39 is 36.4 Å². The average Bonchev–Trinajstić information content (AvgIpc) is 3.09. The van der Waals surface area contributed by atoms with Crippen molar-refractivity contribution in [3.63, 3.8) is 0 Å². The van der Waals surface area contributed by atoms with Crippen molar-refractivity contribution < 1.29 is 29.2 Å². The molecule has 5 atom stereocenters. The molecule has 2 aromatic carbocycles. The third kappa shape index (κ3) is 5.02. The number of aliphatic hydroxyl groups is 4. The molecule has 0 aliphatic carbocycles. The fourth-order valence-corrected chi connectivity index (χ4v) is 4.65. The summed E-state index contributed by atoms with van der Waals surface area (Å²) in [5.74, 6) is -3.60. The predicted molar refractivity (Wildman–Crippen MR) is 118 cm³/mol. The summed E-state index contributed by atoms with van der Waals surface area (Å²) in [6.45, 7) is 0.313. The summed E-state index contributed by atoms with van der Waals surface area (Å²) in [6.07, 6.45) is -3.92. The number of aliphatic hydroxyl groups excluding tert-OH is 4. The van der Waals surface area contributed by atoms with Crippen LogP contribution in [-0.4, -0.2) is 50.1 Å². The van der Waals surface area contributed by atoms with E-state index in [0.717, 1.165) is 17.7 Å². The van der Waals surface area contributed by atoms with Crippen molar-refractivity contribution in [1.29, 1.82) is 0 Å². The number of nitrogens with zero attached hydrogens (tertiary/aromatic N) is 1. The van der Waals surface area contributed by atoms with Gasteiger partial charge in [0.05, 0.1) is 16.1 Å². The van der Waals surface area contributed by atoms with E-state index in [1.165, 1.54) is 6.07 Å². The Bertz CT molecular complexity index is 1020. The Morgan fingerprint density at radius 3 is 2.55 bits per heavy atom. The van der Waals surface area contributed by atoms with Crippen molar-refractivity contribution in [1.82, 2.24) is 15.5 Å². The largest absolute Gasteiger partial charge is 0.379 e. The van der Waals surface area contributed by atoms with Crippen LogP contribution in [0.15, 0.2) is 36.4 Å². The zero-order chi connectivity index (χ0) is 23.9. The lowest BCUT2D eigenvalue weighted by atomic mass is 10.0. The minimum absolute atomic E-state index is 0.0319. The molecule has 11 heteroatoms. The second-order valence-corrected chi connectivity index (χ2v) is 9.20. The van der Waals surface area contributed by atoms with Crippen molar-refractivity contribution in [2.45, 2.75) is 62.8 Å². The van der Waals surface area contributed by atoms with Gasteiger partial charge >= 0.3 is 5.92 Å². The van der Waals surface area contributed by atoms with Crippen molar-refractivity contribution in [3.05, 3.63) is 68.7 Å². The molecule has 1 saturated heterocycles. The molecule has 6 N–H and O–H groups in total. The van der Waals surface area contributed by atoms with Crippen LogP contribution in [0.1, 0.15) is 41.3 Å². The first-order chi connectivity index (χ1) is 15.6. The molecule has 4 rings (SSSR count). The van der Waals surface area contributed by atoms with Crippen molar-refractivity contribution in [2.24, 2.45) is 0 Å². The smallest absolute Gasteiger partial charge is 0.311 e. The molecule has 0 spiro atoms. The molecule has 1 unspecified atom stereocenters. The molecule has 0 bridgehead atoms. The third-order valence-corrected chi connectivity index (χ3v) is 6.93. The van der Waals surface area contributed by atoms with Gasteiger partial charge in [-0.3, -0.25) is 15.5 Å². The number of nitrogens with one attached hydrogen (secondary N) is 2. The van der Waals surface area contributed by atoms with Gasteiger partial charge in [0.15, 0.2) is 6.23 Å². The number of alkyl halides is 2. The summed E-state index contributed by atoms with van der Waals surface area (Å²) in [5.41, 5.74) is 1.64. The van der Waals surface area contributed by atoms with Gasteiger partial charge in [-0.1, -0.05) is 47.5 Å². The van der Waals surface area contributed by atoms with Crippen LogP contribution in [0, 0.1) is 0 Å². The number of rotatable bonds is 6. The van der Waals surface area contributed by atoms with Crippen LogP contribution in [0.25, 0.3) is 0 Å². The highest BCUT2D eigenvalue weighted by atomic mass is 35.5. The molecule has 0 radical (unpaired) electrons. The van der Waals surface area contributed by atoms with E-state index in [1.807, 2.05) is 0 Å². The highest BCUT2D eigenvalue weighted by molar-refractivity contribution is 6.42. The van der Waals surface area contributed by atoms with Gasteiger partial charge in [-0.05, 0) is 41.7 Å². The van der Waals surface area contributed by atoms with Crippen LogP contribution < -0.4 is 10.6 Å². The van der Waals surface area contributed by atoms with Crippen LogP contribution >= 0.6 is 23.2 Å². The lowest BCUT2D eigenvalue weighted by Crippen LogP contribution is -2.56. The summed E-state index contributed by atoms with van der Waals surface area (Å²) in [5, 5.41) is 45.9. The summed E-state index contributed by atoms with van der Waals surface area (Å²) in [7, 11) is 0. The standard InChI is InChI=1S/C22H25Cl2F2N3O4/c23-15-4-2-13(8-16(15)24)22(25,26)21(33)27-9-11-1-3-14-12(7-11)10-29(20(14)32)17-5-6-18(30)28-19(17)31/h1-4,7-8,17-21,27-28,30-33H,5-6,9-10H2/t17?,18-,19+,20-,21+/m0/s1. The van der Waals surface area contributed by atoms with Crippen LogP contribution in [0.4, 0.5) is 8.78 Å². The van der Waals surface area contributed by atoms with Crippen molar-refractivity contribution in [2.75, 3.05) is 0 Å². The molecule has 2 aliphatic heterocycles. The van der Waals surface area contributed by atoms with Crippen molar-refractivity contribution >= 4 is 23.2 Å². The van der Waals surface area contributed by atoms with E-state index >= 15 is 0 Å². The number of hydrogen-bond donors (Lipinski definition) is 6. The van der Waals surface area contributed by atoms with E-state index in [4.69, 9.17) is 23.2 Å². The van der Waals surface area contributed by atoms with E-state index in [1.54, 1.807) is 23.1 Å². The molecule has 2 aliphatic rings. The first-order valence-corrected chi connectivity index (χ1v) is 11.3. The van der Waals surface area contributed by atoms with Gasteiger partial charge in [-0.2, -0.15) is 8.78 Å². The van der Waals surface area contributed by atoms with Crippen LogP contribution in [-0.2, 0) is 19.0 Å². The summed E-state index contributed by atoms with van der Waals surface area (Å²) >= 11 is 11.6. The highest BCUT2D eigenvalue weighted by Crippen LogP contribution is 2.37. The topological polar surface area (TPSA) is 108 Å². The molecule has 0 aromatic heterocycles. The molecule has 0 saturated carbocycles. The average molecular weight is 504 g/mol. The Kier molecular flexibility index (Phi) is 7.26. The number of halogens is 4. The summed E-state index contributed by atoms with van der Waals surface area (Å²) in [6, 6.07) is 8.15. The van der Waals surface area contributed by atoms with Gasteiger partial charge in [0.1, 0.15) is 18.7 Å². The lowest BCUT2D eigenvalue weighted by Gasteiger charge is -2.39. The van der Waals surface area contributed by atoms with Gasteiger partial charge in [-0.25, -0.2) is 0 Å². The molecule has 180 valence electrons. The fourth-order valence-electron chi connectivity index (χ4n) is 4.35. The van der Waals surface area contributed by atoms with E-state index in [9.17, 15) is 29.2 Å². The van der Waals surface area contributed by atoms with Crippen LogP contribution in [0.3, 0.4) is 0 Å². The van der Waals surface area contributed by atoms with Gasteiger partial charge in [-0.15, -0.1) is 0 Å². The Hall–Kier alpha value is -1.40. The molecule has 2 heterocycles. The maximum Gasteiger partial charge on any atom is 0.311 e. The first-order valence-electron chi connectivity index (χ1n) is 10.5. The van der Waals surface area contributed by atoms with Crippen LogP contribution in [0.2, 0.25) is 10.0 Å². The van der Waals surface area contributed by atoms with Gasteiger partial charge < -0.3 is 20.4 Å². The zero-order valence-electron chi connectivity index (χ0n) is 17.4. The third-order valence-electron chi connectivity index (χ3n) is 6.19. The quantitative estimate of drug-likeness (QED) is 0.336. The number of piperidine rings is 1. The van der Waals surface area contributed by atoms with Gasteiger partial charge in [0, 0.05) is 18.7 Å². The highest BCUT2D eigenvalue weighted by Gasteiger charge is 2.41. The Labute approximate surface area is 199 Å². The minimum Gasteiger partial charge on any atom is -0.379 e. The van der Waals surface area contributed by atoms with E-state index in [0.29, 0.717) is 30.5 Å². The Morgan fingerprint density at radius 2 is 1.85 bits per heavy atom. The Balaban J connectivity index is 1.42. The van der Waals surface area contributed by atoms with Crippen LogP contribution in [0.5, 0.6) is 0 Å². The minimum atomic E-state index is -3.60. The molecular weight excluding hydrogens is 479 g/mol. The summed E-state index contributed by atoms with van der Waals surface area (Å²) in [4.78, 5) is 1.73. The van der Waals surface area contributed by atoms with E-state index in [2.05, 4.69) is 10.6 Å². The lowest BCUT2D eigenvalue weighted by molar-refractivity contribution is -0.129. The fraction of sp³-hybridized carbons (Fsp3) is 0.455. The van der Waals surface area contributed by atoms with E-state index in [-0.39, 0.29) is 22.6 Å². The predicted octanol–water partition coefficient (Wildman–Crippen LogP) is 2.39. The SMILES string of the molecule is O[C@H]1CCC(N2Cc3cc(CN[C@H](O)C(F)(F)c4ccc(Cl)c(Cl)c4)ccc3[C@@H]2O)[C@@H](O)N1. The second kappa shape index (κ2) is 9.69. The van der Waals surface area contributed by atoms with Crippen molar-refractivity contribution in [3.8, 4) is 0 Å². The monoisotopic (exact) mass is 503 g/mol. The molecule has 1 fully saturated rings. The summed E-state index contributed by atoms with van der Waals surface area (Å²) < 4.78 is 29.3. The number of benzene rings is 2. The number of hydrogen-bond acceptors (Lipinski definition) is 7. The van der Waals surface area contributed by atoms with Gasteiger partial charge in [0.2, 0.25) is 0 Å². The maximum atomic E-state index is 14.7. The molecule has 33 heavy (non-hydrogen) atoms. The molecule has 7 nitrogen and oxygen atoms in total. The zero-order valence-corrected chi connectivity index (χ0v) is 18.9.